The van der Waals surface area contributed by atoms with Crippen molar-refractivity contribution in [3.63, 3.8) is 0 Å². The Hall–Kier alpha value is -1.10. The van der Waals surface area contributed by atoms with E-state index in [4.69, 9.17) is 22.1 Å². The van der Waals surface area contributed by atoms with Gasteiger partial charge in [-0.25, -0.2) is 4.39 Å². The minimum absolute atomic E-state index is 0.359. The normalized spacial score (nSPS) is 12.5. The number of methoxy groups -OCH3 is 1. The fourth-order valence-electron chi connectivity index (χ4n) is 1.78. The second kappa shape index (κ2) is 5.26. The summed E-state index contributed by atoms with van der Waals surface area (Å²) in [5.41, 5.74) is 7.41. The first-order chi connectivity index (χ1) is 8.54. The smallest absolute Gasteiger partial charge is 0.132 e. The summed E-state index contributed by atoms with van der Waals surface area (Å²) in [6, 6.07) is 5.97. The molecule has 0 saturated heterocycles. The number of halogens is 2. The van der Waals surface area contributed by atoms with Crippen molar-refractivity contribution in [2.75, 3.05) is 7.11 Å². The molecule has 2 N–H and O–H groups in total. The average molecular weight is 286 g/mol. The third-order valence-electron chi connectivity index (χ3n) is 2.73. The van der Waals surface area contributed by atoms with Crippen LogP contribution in [-0.4, -0.2) is 7.11 Å². The van der Waals surface area contributed by atoms with Crippen LogP contribution in [0, 0.1) is 12.7 Å². The van der Waals surface area contributed by atoms with Gasteiger partial charge in [-0.3, -0.25) is 0 Å². The molecule has 18 heavy (non-hydrogen) atoms. The summed E-state index contributed by atoms with van der Waals surface area (Å²) in [4.78, 5) is 0.820. The van der Waals surface area contributed by atoms with Crippen molar-refractivity contribution in [1.82, 2.24) is 0 Å². The summed E-state index contributed by atoms with van der Waals surface area (Å²) in [6.07, 6.45) is 0. The van der Waals surface area contributed by atoms with E-state index in [9.17, 15) is 4.39 Å². The van der Waals surface area contributed by atoms with Gasteiger partial charge in [-0.05, 0) is 30.7 Å². The molecular weight excluding hydrogens is 273 g/mol. The highest BCUT2D eigenvalue weighted by Crippen LogP contribution is 2.36. The first kappa shape index (κ1) is 13.3. The van der Waals surface area contributed by atoms with E-state index >= 15 is 0 Å². The summed E-state index contributed by atoms with van der Waals surface area (Å²) < 4.78 is 19.7. The monoisotopic (exact) mass is 285 g/mol. The molecule has 0 spiro atoms. The van der Waals surface area contributed by atoms with E-state index in [0.717, 1.165) is 10.4 Å². The van der Waals surface area contributed by atoms with Gasteiger partial charge in [0.1, 0.15) is 11.6 Å². The maximum Gasteiger partial charge on any atom is 0.132 e. The number of thiophene rings is 1. The molecule has 5 heteroatoms. The first-order valence-electron chi connectivity index (χ1n) is 5.38. The average Bonchev–Trinajstić information content (AvgIpc) is 2.68. The van der Waals surface area contributed by atoms with Gasteiger partial charge >= 0.3 is 0 Å². The van der Waals surface area contributed by atoms with Gasteiger partial charge in [-0.15, -0.1) is 11.3 Å². The van der Waals surface area contributed by atoms with Crippen molar-refractivity contribution in [3.8, 4) is 5.75 Å². The van der Waals surface area contributed by atoms with Gasteiger partial charge in [0.05, 0.1) is 23.1 Å². The van der Waals surface area contributed by atoms with Crippen molar-refractivity contribution in [1.29, 1.82) is 0 Å². The number of hydrogen-bond donors (Lipinski definition) is 1. The van der Waals surface area contributed by atoms with Gasteiger partial charge in [0.25, 0.3) is 0 Å². The van der Waals surface area contributed by atoms with Crippen LogP contribution in [0.15, 0.2) is 24.3 Å². The van der Waals surface area contributed by atoms with Crippen molar-refractivity contribution in [2.24, 2.45) is 5.73 Å². The highest BCUT2D eigenvalue weighted by atomic mass is 35.5. The second-order valence-corrected chi connectivity index (χ2v) is 5.62. The van der Waals surface area contributed by atoms with Gasteiger partial charge < -0.3 is 10.5 Å². The van der Waals surface area contributed by atoms with E-state index in [2.05, 4.69) is 0 Å². The molecule has 0 bridgehead atoms. The lowest BCUT2D eigenvalue weighted by Crippen LogP contribution is -2.13. The van der Waals surface area contributed by atoms with E-state index in [1.165, 1.54) is 24.5 Å². The Labute approximate surface area is 114 Å². The van der Waals surface area contributed by atoms with Crippen LogP contribution < -0.4 is 10.5 Å². The molecule has 1 aromatic heterocycles. The van der Waals surface area contributed by atoms with Crippen LogP contribution in [0.2, 0.25) is 4.34 Å². The summed E-state index contributed by atoms with van der Waals surface area (Å²) in [5.74, 6) is 0.0775. The Bertz CT molecular complexity index is 551. The van der Waals surface area contributed by atoms with Gasteiger partial charge in [0, 0.05) is 4.88 Å². The van der Waals surface area contributed by atoms with Crippen LogP contribution in [0.1, 0.15) is 22.0 Å². The van der Waals surface area contributed by atoms with Crippen LogP contribution in [0.3, 0.4) is 0 Å². The first-order valence-corrected chi connectivity index (χ1v) is 6.58. The highest BCUT2D eigenvalue weighted by molar-refractivity contribution is 7.16. The molecule has 0 saturated carbocycles. The van der Waals surface area contributed by atoms with E-state index < -0.39 is 6.04 Å². The van der Waals surface area contributed by atoms with Gasteiger partial charge in [-0.2, -0.15) is 0 Å². The van der Waals surface area contributed by atoms with Gasteiger partial charge in [0.2, 0.25) is 0 Å². The third kappa shape index (κ3) is 2.36. The van der Waals surface area contributed by atoms with E-state index in [1.54, 1.807) is 12.1 Å². The third-order valence-corrected chi connectivity index (χ3v) is 4.36. The molecule has 2 rings (SSSR count). The largest absolute Gasteiger partial charge is 0.496 e. The Morgan fingerprint density at radius 2 is 2.17 bits per heavy atom. The molecule has 0 radical (unpaired) electrons. The van der Waals surface area contributed by atoms with Crippen LogP contribution in [0.25, 0.3) is 0 Å². The molecular formula is C13H13ClFNOS. The number of rotatable bonds is 3. The Kier molecular flexibility index (Phi) is 3.90. The van der Waals surface area contributed by atoms with Crippen LogP contribution >= 0.6 is 22.9 Å². The molecule has 2 aromatic rings. The lowest BCUT2D eigenvalue weighted by Gasteiger charge is -2.15. The minimum Gasteiger partial charge on any atom is -0.496 e. The zero-order chi connectivity index (χ0) is 13.3. The second-order valence-electron chi connectivity index (χ2n) is 3.94. The van der Waals surface area contributed by atoms with Crippen LogP contribution in [0.4, 0.5) is 4.39 Å². The predicted molar refractivity (Wildman–Crippen MR) is 73.0 cm³/mol. The zero-order valence-electron chi connectivity index (χ0n) is 10.0. The lowest BCUT2D eigenvalue weighted by atomic mass is 10.0. The van der Waals surface area contributed by atoms with E-state index in [-0.39, 0.29) is 5.82 Å². The molecule has 0 aliphatic carbocycles. The van der Waals surface area contributed by atoms with Crippen molar-refractivity contribution in [3.05, 3.63) is 50.4 Å². The van der Waals surface area contributed by atoms with E-state index in [1.807, 2.05) is 13.0 Å². The van der Waals surface area contributed by atoms with E-state index in [0.29, 0.717) is 15.6 Å². The fourth-order valence-corrected chi connectivity index (χ4v) is 3.01. The molecule has 1 heterocycles. The highest BCUT2D eigenvalue weighted by Gasteiger charge is 2.20. The fraction of sp³-hybridized carbons (Fsp3) is 0.231. The predicted octanol–water partition coefficient (Wildman–Crippen LogP) is 3.91. The number of nitrogens with two attached hydrogens (primary N) is 1. The van der Waals surface area contributed by atoms with Crippen molar-refractivity contribution < 1.29 is 9.13 Å². The Morgan fingerprint density at radius 3 is 2.72 bits per heavy atom. The molecule has 0 fully saturated rings. The summed E-state index contributed by atoms with van der Waals surface area (Å²) in [5, 5.41) is 0. The Morgan fingerprint density at radius 1 is 1.44 bits per heavy atom. The lowest BCUT2D eigenvalue weighted by molar-refractivity contribution is 0.402. The quantitative estimate of drug-likeness (QED) is 0.928. The summed E-state index contributed by atoms with van der Waals surface area (Å²) in [7, 11) is 1.50. The minimum atomic E-state index is -0.572. The SMILES string of the molecule is COc1cccc(F)c1C(N)c1cc(C)c(Cl)s1. The summed E-state index contributed by atoms with van der Waals surface area (Å²) >= 11 is 7.38. The van der Waals surface area contributed by atoms with Gasteiger partial charge in [0.15, 0.2) is 0 Å². The number of hydrogen-bond acceptors (Lipinski definition) is 3. The standard InChI is InChI=1S/C13H13ClFNOS/c1-7-6-10(18-13(7)14)12(16)11-8(15)4-3-5-9(11)17-2/h3-6,12H,16H2,1-2H3. The maximum atomic E-state index is 13.9. The zero-order valence-corrected chi connectivity index (χ0v) is 11.6. The Balaban J connectivity index is 2.48. The maximum absolute atomic E-state index is 13.9. The van der Waals surface area contributed by atoms with Crippen LogP contribution in [-0.2, 0) is 0 Å². The molecule has 0 aliphatic heterocycles. The molecule has 1 atom stereocenters. The van der Waals surface area contributed by atoms with Crippen LogP contribution in [0.5, 0.6) is 5.75 Å². The molecule has 0 aliphatic rings. The number of aryl methyl sites for hydroxylation is 1. The number of benzene rings is 1. The van der Waals surface area contributed by atoms with Gasteiger partial charge in [-0.1, -0.05) is 17.7 Å². The summed E-state index contributed by atoms with van der Waals surface area (Å²) in [6.45, 7) is 1.90. The molecule has 0 amide bonds. The molecule has 1 aromatic carbocycles. The van der Waals surface area contributed by atoms with Crippen molar-refractivity contribution >= 4 is 22.9 Å². The molecule has 1 unspecified atom stereocenters. The topological polar surface area (TPSA) is 35.2 Å². The number of ether oxygens (including phenoxy) is 1. The molecule has 96 valence electrons. The van der Waals surface area contributed by atoms with Crippen molar-refractivity contribution in [2.45, 2.75) is 13.0 Å². The molecule has 2 nitrogen and oxygen atoms in total.